The first-order chi connectivity index (χ1) is 15.5. The molecule has 6 nitrogen and oxygen atoms in total. The normalized spacial score (nSPS) is 17.1. The third-order valence-electron chi connectivity index (χ3n) is 6.75. The van der Waals surface area contributed by atoms with Crippen LogP contribution in [0, 0.1) is 5.92 Å². The minimum absolute atomic E-state index is 0.0335. The van der Waals surface area contributed by atoms with E-state index in [1.165, 1.54) is 6.42 Å². The van der Waals surface area contributed by atoms with Crippen LogP contribution < -0.4 is 15.8 Å². The number of amides is 1. The van der Waals surface area contributed by atoms with Crippen molar-refractivity contribution in [1.82, 2.24) is 4.57 Å². The Morgan fingerprint density at radius 2 is 1.91 bits per heavy atom. The summed E-state index contributed by atoms with van der Waals surface area (Å²) >= 11 is 0. The molecule has 3 N–H and O–H groups in total. The summed E-state index contributed by atoms with van der Waals surface area (Å²) in [6.07, 6.45) is 5.42. The number of fused-ring (bicyclic) bond motifs is 1. The van der Waals surface area contributed by atoms with Gasteiger partial charge in [-0.25, -0.2) is 4.79 Å². The zero-order chi connectivity index (χ0) is 22.2. The van der Waals surface area contributed by atoms with Gasteiger partial charge in [-0.05, 0) is 82.2 Å². The Bertz CT molecular complexity index is 1130. The number of nitrogen functional groups attached to an aromatic ring is 1. The Balaban J connectivity index is 1.44. The molecule has 1 heterocycles. The molecule has 0 radical (unpaired) electrons. The van der Waals surface area contributed by atoms with Crippen molar-refractivity contribution < 1.29 is 14.3 Å². The van der Waals surface area contributed by atoms with Gasteiger partial charge in [-0.1, -0.05) is 12.1 Å². The van der Waals surface area contributed by atoms with Crippen LogP contribution in [0.2, 0.25) is 0 Å². The van der Waals surface area contributed by atoms with Crippen LogP contribution in [0.1, 0.15) is 52.0 Å². The smallest absolute Gasteiger partial charge is 0.411 e. The molecule has 3 aromatic rings. The third kappa shape index (κ3) is 3.90. The van der Waals surface area contributed by atoms with E-state index in [9.17, 15) is 4.79 Å². The number of carbonyl (C=O) groups is 1. The van der Waals surface area contributed by atoms with Crippen LogP contribution in [0.25, 0.3) is 22.2 Å². The molecular formula is C26H31N3O3. The van der Waals surface area contributed by atoms with Gasteiger partial charge in [-0.3, -0.25) is 5.32 Å². The number of nitrogens with zero attached hydrogens (tertiary/aromatic N) is 1. The van der Waals surface area contributed by atoms with Crippen molar-refractivity contribution in [2.75, 3.05) is 17.7 Å². The number of rotatable bonds is 7. The van der Waals surface area contributed by atoms with Crippen LogP contribution in [-0.4, -0.2) is 23.4 Å². The number of hydrogen-bond donors (Lipinski definition) is 2. The highest BCUT2D eigenvalue weighted by Crippen LogP contribution is 2.45. The molecule has 1 atom stereocenters. The van der Waals surface area contributed by atoms with Gasteiger partial charge in [-0.2, -0.15) is 0 Å². The van der Waals surface area contributed by atoms with Crippen LogP contribution in [0.5, 0.6) is 5.75 Å². The number of aromatic nitrogens is 1. The van der Waals surface area contributed by atoms with Crippen molar-refractivity contribution >= 4 is 28.4 Å². The largest absolute Gasteiger partial charge is 0.494 e. The predicted octanol–water partition coefficient (Wildman–Crippen LogP) is 6.36. The molecule has 0 bridgehead atoms. The van der Waals surface area contributed by atoms with Crippen LogP contribution in [-0.2, 0) is 4.74 Å². The maximum absolute atomic E-state index is 12.2. The van der Waals surface area contributed by atoms with E-state index in [4.69, 9.17) is 15.2 Å². The average molecular weight is 434 g/mol. The molecule has 0 unspecified atom stereocenters. The fraction of sp³-hybridized carbons (Fsp3) is 0.423. The molecule has 0 spiro atoms. The third-order valence-corrected chi connectivity index (χ3v) is 6.75. The molecule has 168 valence electrons. The van der Waals surface area contributed by atoms with Crippen LogP contribution >= 0.6 is 0 Å². The Hall–Kier alpha value is -3.15. The molecule has 2 aromatic carbocycles. The highest BCUT2D eigenvalue weighted by atomic mass is 16.6. The SMILES string of the molecule is CCOc1ccc2c(c1)c(N)c(-c1ccc(NC(=O)O[C@H](C)C3CC3)cc1)n2C1CCC1. The van der Waals surface area contributed by atoms with E-state index < -0.39 is 6.09 Å². The van der Waals surface area contributed by atoms with Crippen molar-refractivity contribution in [3.8, 4) is 17.0 Å². The second-order valence-electron chi connectivity index (χ2n) is 8.98. The Labute approximate surface area is 188 Å². The summed E-state index contributed by atoms with van der Waals surface area (Å²) in [5, 5.41) is 3.87. The summed E-state index contributed by atoms with van der Waals surface area (Å²) in [6.45, 7) is 4.56. The number of carbonyl (C=O) groups excluding carboxylic acids is 1. The number of hydrogen-bond acceptors (Lipinski definition) is 4. The molecule has 5 rings (SSSR count). The van der Waals surface area contributed by atoms with E-state index in [0.29, 0.717) is 24.3 Å². The lowest BCUT2D eigenvalue weighted by Gasteiger charge is -2.30. The van der Waals surface area contributed by atoms with Gasteiger partial charge in [0.1, 0.15) is 11.9 Å². The molecule has 2 fully saturated rings. The van der Waals surface area contributed by atoms with Gasteiger partial charge in [0, 0.05) is 22.7 Å². The number of ether oxygens (including phenoxy) is 2. The van der Waals surface area contributed by atoms with E-state index in [2.05, 4.69) is 16.0 Å². The van der Waals surface area contributed by atoms with E-state index in [1.54, 1.807) is 0 Å². The van der Waals surface area contributed by atoms with E-state index >= 15 is 0 Å². The topological polar surface area (TPSA) is 78.5 Å². The fourth-order valence-corrected chi connectivity index (χ4v) is 4.58. The quantitative estimate of drug-likeness (QED) is 0.454. The zero-order valence-electron chi connectivity index (χ0n) is 18.8. The molecule has 6 heteroatoms. The van der Waals surface area contributed by atoms with E-state index in [-0.39, 0.29) is 6.10 Å². The summed E-state index contributed by atoms with van der Waals surface area (Å²) < 4.78 is 13.6. The van der Waals surface area contributed by atoms with Crippen LogP contribution in [0.15, 0.2) is 42.5 Å². The van der Waals surface area contributed by atoms with Crippen molar-refractivity contribution in [2.24, 2.45) is 5.92 Å². The Morgan fingerprint density at radius 3 is 2.53 bits per heavy atom. The molecule has 2 saturated carbocycles. The highest BCUT2D eigenvalue weighted by Gasteiger charge is 2.31. The van der Waals surface area contributed by atoms with Gasteiger partial charge < -0.3 is 19.8 Å². The maximum Gasteiger partial charge on any atom is 0.411 e. The molecule has 2 aliphatic rings. The fourth-order valence-electron chi connectivity index (χ4n) is 4.58. The standard InChI is InChI=1S/C26H31N3O3/c1-3-31-21-13-14-23-22(15-21)24(27)25(29(23)20-5-4-6-20)18-9-11-19(12-10-18)28-26(30)32-16(2)17-7-8-17/h9-17,20H,3-8,27H2,1-2H3,(H,28,30)/t16-/m1/s1. The van der Waals surface area contributed by atoms with Gasteiger partial charge in [0.05, 0.1) is 23.5 Å². The van der Waals surface area contributed by atoms with Crippen molar-refractivity contribution in [2.45, 2.75) is 58.1 Å². The number of benzene rings is 2. The van der Waals surface area contributed by atoms with E-state index in [1.807, 2.05) is 50.2 Å². The minimum Gasteiger partial charge on any atom is -0.494 e. The summed E-state index contributed by atoms with van der Waals surface area (Å²) in [6, 6.07) is 14.5. The lowest BCUT2D eigenvalue weighted by atomic mass is 9.92. The number of anilines is 2. The van der Waals surface area contributed by atoms with Crippen LogP contribution in [0.4, 0.5) is 16.2 Å². The first-order valence-corrected chi connectivity index (χ1v) is 11.7. The molecular weight excluding hydrogens is 402 g/mol. The molecule has 1 amide bonds. The lowest BCUT2D eigenvalue weighted by molar-refractivity contribution is 0.108. The van der Waals surface area contributed by atoms with Crippen molar-refractivity contribution in [1.29, 1.82) is 0 Å². The van der Waals surface area contributed by atoms with Gasteiger partial charge in [0.25, 0.3) is 0 Å². The number of nitrogens with one attached hydrogen (secondary N) is 1. The summed E-state index contributed by atoms with van der Waals surface area (Å²) in [4.78, 5) is 12.2. The predicted molar refractivity (Wildman–Crippen MR) is 128 cm³/mol. The molecule has 1 aromatic heterocycles. The molecule has 32 heavy (non-hydrogen) atoms. The van der Waals surface area contributed by atoms with Crippen molar-refractivity contribution in [3.63, 3.8) is 0 Å². The van der Waals surface area contributed by atoms with Gasteiger partial charge in [0.2, 0.25) is 0 Å². The number of nitrogens with two attached hydrogens (primary N) is 1. The monoisotopic (exact) mass is 433 g/mol. The van der Waals surface area contributed by atoms with Crippen LogP contribution in [0.3, 0.4) is 0 Å². The minimum atomic E-state index is -0.399. The first kappa shape index (κ1) is 20.7. The lowest BCUT2D eigenvalue weighted by Crippen LogP contribution is -2.21. The first-order valence-electron chi connectivity index (χ1n) is 11.7. The average Bonchev–Trinajstić information content (AvgIpc) is 3.55. The molecule has 2 aliphatic carbocycles. The maximum atomic E-state index is 12.2. The second-order valence-corrected chi connectivity index (χ2v) is 8.98. The molecule has 0 saturated heterocycles. The van der Waals surface area contributed by atoms with Gasteiger partial charge >= 0.3 is 6.09 Å². The van der Waals surface area contributed by atoms with Gasteiger partial charge in [-0.15, -0.1) is 0 Å². The second kappa shape index (κ2) is 8.41. The Kier molecular flexibility index (Phi) is 5.45. The van der Waals surface area contributed by atoms with Crippen molar-refractivity contribution in [3.05, 3.63) is 42.5 Å². The summed E-state index contributed by atoms with van der Waals surface area (Å²) in [5.41, 5.74) is 11.4. The summed E-state index contributed by atoms with van der Waals surface area (Å²) in [5.74, 6) is 1.35. The highest BCUT2D eigenvalue weighted by molar-refractivity contribution is 6.02. The molecule has 0 aliphatic heterocycles. The van der Waals surface area contributed by atoms with E-state index in [0.717, 1.165) is 59.3 Å². The Morgan fingerprint density at radius 1 is 1.16 bits per heavy atom. The van der Waals surface area contributed by atoms with Gasteiger partial charge in [0.15, 0.2) is 0 Å². The summed E-state index contributed by atoms with van der Waals surface area (Å²) in [7, 11) is 0. The zero-order valence-corrected chi connectivity index (χ0v) is 18.8.